The predicted octanol–water partition coefficient (Wildman–Crippen LogP) is 2.72. The number of rotatable bonds is 4. The van der Waals surface area contributed by atoms with Gasteiger partial charge < -0.3 is 10.0 Å². The van der Waals surface area contributed by atoms with Crippen LogP contribution < -0.4 is 0 Å². The summed E-state index contributed by atoms with van der Waals surface area (Å²) < 4.78 is 1.72. The fourth-order valence-corrected chi connectivity index (χ4v) is 3.36. The first-order valence-electron chi connectivity index (χ1n) is 8.52. The SMILES string of the molecule is CC(C)(C(=O)N1CCC(n2cc(C(=O)O)cn2)CC1)c1ccccc1. The molecule has 132 valence electrons. The van der Waals surface area contributed by atoms with Crippen molar-refractivity contribution in [2.24, 2.45) is 0 Å². The molecule has 1 aromatic carbocycles. The smallest absolute Gasteiger partial charge is 0.338 e. The molecule has 0 spiro atoms. The van der Waals surface area contributed by atoms with Gasteiger partial charge in [-0.25, -0.2) is 4.79 Å². The Kier molecular flexibility index (Phi) is 4.61. The minimum atomic E-state index is -0.969. The van der Waals surface area contributed by atoms with Crippen molar-refractivity contribution in [3.8, 4) is 0 Å². The van der Waals surface area contributed by atoms with E-state index < -0.39 is 11.4 Å². The second kappa shape index (κ2) is 6.70. The summed E-state index contributed by atoms with van der Waals surface area (Å²) >= 11 is 0. The van der Waals surface area contributed by atoms with Gasteiger partial charge in [-0.2, -0.15) is 5.10 Å². The third-order valence-corrected chi connectivity index (χ3v) is 5.00. The molecule has 1 N–H and O–H groups in total. The van der Waals surface area contributed by atoms with Crippen molar-refractivity contribution >= 4 is 11.9 Å². The summed E-state index contributed by atoms with van der Waals surface area (Å²) in [6, 6.07) is 9.97. The molecule has 1 aliphatic heterocycles. The van der Waals surface area contributed by atoms with Crippen molar-refractivity contribution in [1.82, 2.24) is 14.7 Å². The number of aromatic carboxylic acids is 1. The van der Waals surface area contributed by atoms with E-state index in [0.717, 1.165) is 18.4 Å². The van der Waals surface area contributed by atoms with E-state index >= 15 is 0 Å². The van der Waals surface area contributed by atoms with Crippen LogP contribution in [-0.2, 0) is 10.2 Å². The van der Waals surface area contributed by atoms with E-state index in [-0.39, 0.29) is 17.5 Å². The Labute approximate surface area is 147 Å². The normalized spacial score (nSPS) is 16.0. The highest BCUT2D eigenvalue weighted by atomic mass is 16.4. The molecule has 2 heterocycles. The van der Waals surface area contributed by atoms with Crippen molar-refractivity contribution in [2.75, 3.05) is 13.1 Å². The molecule has 1 amide bonds. The van der Waals surface area contributed by atoms with Gasteiger partial charge in [0.15, 0.2) is 0 Å². The summed E-state index contributed by atoms with van der Waals surface area (Å²) in [6.07, 6.45) is 4.49. The number of aromatic nitrogens is 2. The fourth-order valence-electron chi connectivity index (χ4n) is 3.36. The first kappa shape index (κ1) is 17.2. The molecule has 0 saturated carbocycles. The third kappa shape index (κ3) is 3.43. The standard InChI is InChI=1S/C19H23N3O3/c1-19(2,15-6-4-3-5-7-15)18(25)21-10-8-16(9-11-21)22-13-14(12-20-22)17(23)24/h3-7,12-13,16H,8-11H2,1-2H3,(H,23,24). The van der Waals surface area contributed by atoms with Gasteiger partial charge in [0.2, 0.25) is 5.91 Å². The quantitative estimate of drug-likeness (QED) is 0.928. The molecule has 1 aliphatic rings. The van der Waals surface area contributed by atoms with Gasteiger partial charge in [-0.15, -0.1) is 0 Å². The molecule has 1 aromatic heterocycles. The zero-order chi connectivity index (χ0) is 18.0. The lowest BCUT2D eigenvalue weighted by Gasteiger charge is -2.37. The van der Waals surface area contributed by atoms with Crippen LogP contribution in [0.25, 0.3) is 0 Å². The lowest BCUT2D eigenvalue weighted by Crippen LogP contribution is -2.47. The summed E-state index contributed by atoms with van der Waals surface area (Å²) in [5.41, 5.74) is 0.653. The van der Waals surface area contributed by atoms with Gasteiger partial charge in [-0.1, -0.05) is 30.3 Å². The summed E-state index contributed by atoms with van der Waals surface area (Å²) in [5, 5.41) is 13.2. The largest absolute Gasteiger partial charge is 0.478 e. The highest BCUT2D eigenvalue weighted by molar-refractivity contribution is 5.87. The monoisotopic (exact) mass is 341 g/mol. The number of hydrogen-bond acceptors (Lipinski definition) is 3. The fraction of sp³-hybridized carbons (Fsp3) is 0.421. The van der Waals surface area contributed by atoms with E-state index in [1.165, 1.54) is 6.20 Å². The van der Waals surface area contributed by atoms with Gasteiger partial charge in [0.25, 0.3) is 0 Å². The minimum absolute atomic E-state index is 0.129. The number of likely N-dealkylation sites (tertiary alicyclic amines) is 1. The number of carbonyl (C=O) groups is 2. The van der Waals surface area contributed by atoms with Crippen molar-refractivity contribution in [3.63, 3.8) is 0 Å². The van der Waals surface area contributed by atoms with E-state index in [1.807, 2.05) is 49.1 Å². The van der Waals surface area contributed by atoms with Crippen LogP contribution in [0.5, 0.6) is 0 Å². The number of piperidine rings is 1. The Morgan fingerprint density at radius 1 is 1.16 bits per heavy atom. The Bertz CT molecular complexity index is 759. The molecule has 2 aromatic rings. The molecule has 1 fully saturated rings. The van der Waals surface area contributed by atoms with Crippen LogP contribution in [0.3, 0.4) is 0 Å². The topological polar surface area (TPSA) is 75.4 Å². The van der Waals surface area contributed by atoms with E-state index in [2.05, 4.69) is 5.10 Å². The molecule has 1 saturated heterocycles. The molecule has 3 rings (SSSR count). The number of carboxylic acid groups (broad SMARTS) is 1. The summed E-state index contributed by atoms with van der Waals surface area (Å²) in [6.45, 7) is 5.23. The van der Waals surface area contributed by atoms with Crippen LogP contribution in [0, 0.1) is 0 Å². The molecular formula is C19H23N3O3. The molecule has 0 bridgehead atoms. The Morgan fingerprint density at radius 3 is 2.36 bits per heavy atom. The highest BCUT2D eigenvalue weighted by Gasteiger charge is 2.35. The van der Waals surface area contributed by atoms with Gasteiger partial charge in [-0.05, 0) is 32.3 Å². The van der Waals surface area contributed by atoms with Crippen LogP contribution >= 0.6 is 0 Å². The second-order valence-electron chi connectivity index (χ2n) is 7.03. The lowest BCUT2D eigenvalue weighted by molar-refractivity contribution is -0.137. The van der Waals surface area contributed by atoms with E-state index in [1.54, 1.807) is 10.9 Å². The molecule has 25 heavy (non-hydrogen) atoms. The molecule has 6 heteroatoms. The maximum Gasteiger partial charge on any atom is 0.338 e. The van der Waals surface area contributed by atoms with E-state index in [4.69, 9.17) is 5.11 Å². The molecule has 0 aliphatic carbocycles. The zero-order valence-corrected chi connectivity index (χ0v) is 14.6. The van der Waals surface area contributed by atoms with Gasteiger partial charge in [0.1, 0.15) is 0 Å². The van der Waals surface area contributed by atoms with Crippen LogP contribution in [0.2, 0.25) is 0 Å². The number of benzene rings is 1. The Balaban J connectivity index is 1.65. The van der Waals surface area contributed by atoms with Crippen LogP contribution in [0.1, 0.15) is 48.7 Å². The zero-order valence-electron chi connectivity index (χ0n) is 14.6. The van der Waals surface area contributed by atoms with Crippen molar-refractivity contribution in [1.29, 1.82) is 0 Å². The number of carbonyl (C=O) groups excluding carboxylic acids is 1. The van der Waals surface area contributed by atoms with Crippen LogP contribution in [0.4, 0.5) is 0 Å². The van der Waals surface area contributed by atoms with Gasteiger partial charge in [-0.3, -0.25) is 9.48 Å². The van der Waals surface area contributed by atoms with Crippen LogP contribution in [0.15, 0.2) is 42.7 Å². The van der Waals surface area contributed by atoms with Crippen LogP contribution in [-0.4, -0.2) is 44.8 Å². The predicted molar refractivity (Wildman–Crippen MR) is 93.5 cm³/mol. The van der Waals surface area contributed by atoms with Gasteiger partial charge >= 0.3 is 5.97 Å². The maximum absolute atomic E-state index is 13.0. The second-order valence-corrected chi connectivity index (χ2v) is 7.03. The average Bonchev–Trinajstić information content (AvgIpc) is 3.12. The van der Waals surface area contributed by atoms with E-state index in [0.29, 0.717) is 13.1 Å². The van der Waals surface area contributed by atoms with Gasteiger partial charge in [0.05, 0.1) is 23.2 Å². The van der Waals surface area contributed by atoms with Gasteiger partial charge in [0, 0.05) is 19.3 Å². The molecular weight excluding hydrogens is 318 g/mol. The number of carboxylic acids is 1. The maximum atomic E-state index is 13.0. The molecule has 0 atom stereocenters. The third-order valence-electron chi connectivity index (χ3n) is 5.00. The Hall–Kier alpha value is -2.63. The highest BCUT2D eigenvalue weighted by Crippen LogP contribution is 2.29. The molecule has 0 unspecified atom stereocenters. The average molecular weight is 341 g/mol. The summed E-state index contributed by atoms with van der Waals surface area (Å²) in [4.78, 5) is 25.9. The van der Waals surface area contributed by atoms with Crippen molar-refractivity contribution < 1.29 is 14.7 Å². The Morgan fingerprint density at radius 2 is 1.80 bits per heavy atom. The summed E-state index contributed by atoms with van der Waals surface area (Å²) in [5.74, 6) is -0.840. The first-order valence-corrected chi connectivity index (χ1v) is 8.52. The van der Waals surface area contributed by atoms with Crippen molar-refractivity contribution in [3.05, 3.63) is 53.9 Å². The molecule has 6 nitrogen and oxygen atoms in total. The number of nitrogens with zero attached hydrogens (tertiary/aromatic N) is 3. The lowest BCUT2D eigenvalue weighted by atomic mass is 9.82. The number of amides is 1. The van der Waals surface area contributed by atoms with Crippen molar-refractivity contribution in [2.45, 2.75) is 38.1 Å². The van der Waals surface area contributed by atoms with E-state index in [9.17, 15) is 9.59 Å². The molecule has 0 radical (unpaired) electrons. The summed E-state index contributed by atoms with van der Waals surface area (Å²) in [7, 11) is 0. The number of hydrogen-bond donors (Lipinski definition) is 1. The first-order chi connectivity index (χ1) is 11.9. The minimum Gasteiger partial charge on any atom is -0.478 e.